The number of hydrogen-bond donors (Lipinski definition) is 2. The summed E-state index contributed by atoms with van der Waals surface area (Å²) in [5.74, 6) is -2.62. The fourth-order valence-corrected chi connectivity index (χ4v) is 4.48. The lowest BCUT2D eigenvalue weighted by Gasteiger charge is -2.12. The summed E-state index contributed by atoms with van der Waals surface area (Å²) in [7, 11) is 0. The van der Waals surface area contributed by atoms with E-state index >= 15 is 0 Å². The van der Waals surface area contributed by atoms with Gasteiger partial charge in [0.05, 0.1) is 28.9 Å². The van der Waals surface area contributed by atoms with Gasteiger partial charge in [-0.15, -0.1) is 11.3 Å². The number of carbonyl (C=O) groups excluding carboxylic acids is 3. The highest BCUT2D eigenvalue weighted by molar-refractivity contribution is 7.17. The molecule has 1 aliphatic carbocycles. The second-order valence-electron chi connectivity index (χ2n) is 6.60. The zero-order chi connectivity index (χ0) is 22.4. The number of thiophene rings is 1. The molecule has 162 valence electrons. The average molecular weight is 444 g/mol. The molecule has 1 aromatic heterocycles. The molecular formula is C20H20N4O6S. The van der Waals surface area contributed by atoms with Crippen molar-refractivity contribution in [2.75, 3.05) is 11.9 Å². The molecule has 10 nitrogen and oxygen atoms in total. The number of para-hydroxylation sites is 1. The van der Waals surface area contributed by atoms with E-state index in [4.69, 9.17) is 4.74 Å². The Hall–Kier alpha value is -3.60. The van der Waals surface area contributed by atoms with E-state index in [1.165, 1.54) is 29.5 Å². The molecule has 11 heteroatoms. The number of amides is 2. The van der Waals surface area contributed by atoms with Crippen LogP contribution in [0.25, 0.3) is 0 Å². The van der Waals surface area contributed by atoms with Crippen LogP contribution >= 0.6 is 11.3 Å². The van der Waals surface area contributed by atoms with E-state index in [0.717, 1.165) is 35.9 Å². The molecule has 0 fully saturated rings. The van der Waals surface area contributed by atoms with Crippen LogP contribution in [0.2, 0.25) is 0 Å². The van der Waals surface area contributed by atoms with Crippen LogP contribution in [-0.2, 0) is 27.2 Å². The predicted octanol–water partition coefficient (Wildman–Crippen LogP) is 2.80. The molecule has 2 amide bonds. The fraction of sp³-hybridized carbons (Fsp3) is 0.300. The van der Waals surface area contributed by atoms with Crippen LogP contribution in [0.1, 0.15) is 46.1 Å². The van der Waals surface area contributed by atoms with E-state index in [1.807, 2.05) is 5.43 Å². The van der Waals surface area contributed by atoms with Crippen molar-refractivity contribution in [3.8, 4) is 0 Å². The number of esters is 1. The van der Waals surface area contributed by atoms with Crippen molar-refractivity contribution in [3.63, 3.8) is 0 Å². The first-order valence-electron chi connectivity index (χ1n) is 9.61. The number of ether oxygens (including phenoxy) is 1. The fourth-order valence-electron chi connectivity index (χ4n) is 3.21. The lowest BCUT2D eigenvalue weighted by atomic mass is 9.95. The summed E-state index contributed by atoms with van der Waals surface area (Å²) in [4.78, 5) is 48.3. The van der Waals surface area contributed by atoms with Crippen molar-refractivity contribution in [3.05, 3.63) is 55.9 Å². The monoisotopic (exact) mass is 444 g/mol. The molecule has 2 aromatic rings. The molecule has 1 aliphatic rings. The predicted molar refractivity (Wildman–Crippen MR) is 114 cm³/mol. The molecule has 1 heterocycles. The number of rotatable bonds is 6. The smallest absolute Gasteiger partial charge is 0.341 e. The van der Waals surface area contributed by atoms with Gasteiger partial charge in [0.25, 0.3) is 5.69 Å². The SMILES string of the molecule is CCOC(=O)c1c(NC(=O)C(=O)N/N=C/c2ccccc2[N+](=O)[O-])sc2c1CCCC2. The van der Waals surface area contributed by atoms with Crippen molar-refractivity contribution in [1.29, 1.82) is 0 Å². The molecule has 0 radical (unpaired) electrons. The van der Waals surface area contributed by atoms with Gasteiger partial charge in [-0.2, -0.15) is 5.10 Å². The van der Waals surface area contributed by atoms with Crippen molar-refractivity contribution >= 4 is 46.0 Å². The van der Waals surface area contributed by atoms with Gasteiger partial charge in [-0.05, 0) is 44.2 Å². The van der Waals surface area contributed by atoms with E-state index < -0.39 is 22.7 Å². The first-order valence-corrected chi connectivity index (χ1v) is 10.4. The summed E-state index contributed by atoms with van der Waals surface area (Å²) in [6.45, 7) is 1.88. The Balaban J connectivity index is 1.72. The van der Waals surface area contributed by atoms with Gasteiger partial charge in [0, 0.05) is 10.9 Å². The summed E-state index contributed by atoms with van der Waals surface area (Å²) < 4.78 is 5.12. The third kappa shape index (κ3) is 5.12. The number of benzene rings is 1. The number of anilines is 1. The van der Waals surface area contributed by atoms with Gasteiger partial charge < -0.3 is 10.1 Å². The van der Waals surface area contributed by atoms with Gasteiger partial charge in [-0.25, -0.2) is 10.2 Å². The van der Waals surface area contributed by atoms with Crippen molar-refractivity contribution in [2.45, 2.75) is 32.6 Å². The number of nitrogens with one attached hydrogen (secondary N) is 2. The van der Waals surface area contributed by atoms with Crippen LogP contribution in [0.15, 0.2) is 29.4 Å². The minimum Gasteiger partial charge on any atom is -0.462 e. The summed E-state index contributed by atoms with van der Waals surface area (Å²) in [5.41, 5.74) is 3.18. The zero-order valence-electron chi connectivity index (χ0n) is 16.7. The van der Waals surface area contributed by atoms with Crippen LogP contribution in [-0.4, -0.2) is 35.5 Å². The number of nitro groups is 1. The minimum absolute atomic E-state index is 0.170. The lowest BCUT2D eigenvalue weighted by Crippen LogP contribution is -2.32. The Labute approximate surface area is 181 Å². The molecule has 0 atom stereocenters. The maximum absolute atomic E-state index is 12.4. The molecule has 0 aliphatic heterocycles. The Kier molecular flexibility index (Phi) is 7.08. The quantitative estimate of drug-likeness (QED) is 0.231. The molecule has 3 rings (SSSR count). The first kappa shape index (κ1) is 22.1. The van der Waals surface area contributed by atoms with E-state index in [2.05, 4.69) is 10.4 Å². The van der Waals surface area contributed by atoms with Crippen LogP contribution in [0.3, 0.4) is 0 Å². The Morgan fingerprint density at radius 2 is 1.97 bits per heavy atom. The maximum Gasteiger partial charge on any atom is 0.341 e. The number of carbonyl (C=O) groups is 3. The largest absolute Gasteiger partial charge is 0.462 e. The topological polar surface area (TPSA) is 140 Å². The van der Waals surface area contributed by atoms with Gasteiger partial charge in [0.15, 0.2) is 0 Å². The number of nitrogens with zero attached hydrogens (tertiary/aromatic N) is 2. The molecule has 0 saturated carbocycles. The molecular weight excluding hydrogens is 424 g/mol. The minimum atomic E-state index is -1.07. The van der Waals surface area contributed by atoms with E-state index in [0.29, 0.717) is 12.0 Å². The zero-order valence-corrected chi connectivity index (χ0v) is 17.5. The van der Waals surface area contributed by atoms with Gasteiger partial charge in [-0.3, -0.25) is 19.7 Å². The second kappa shape index (κ2) is 9.94. The average Bonchev–Trinajstić information content (AvgIpc) is 3.11. The molecule has 1 aromatic carbocycles. The maximum atomic E-state index is 12.4. The summed E-state index contributed by atoms with van der Waals surface area (Å²) in [5, 5.41) is 17.4. The number of hydrazone groups is 1. The van der Waals surface area contributed by atoms with Crippen LogP contribution in [0, 0.1) is 10.1 Å². The molecule has 0 unspecified atom stereocenters. The van der Waals surface area contributed by atoms with Gasteiger partial charge in [-0.1, -0.05) is 12.1 Å². The third-order valence-electron chi connectivity index (χ3n) is 4.59. The van der Waals surface area contributed by atoms with Crippen molar-refractivity contribution in [2.24, 2.45) is 5.10 Å². The standard InChI is InChI=1S/C20H20N4O6S/c1-2-30-20(27)16-13-8-4-6-10-15(13)31-19(16)22-17(25)18(26)23-21-11-12-7-3-5-9-14(12)24(28)29/h3,5,7,9,11H,2,4,6,8,10H2,1H3,(H,22,25)(H,23,26)/b21-11+. The van der Waals surface area contributed by atoms with Gasteiger partial charge in [0.1, 0.15) is 5.00 Å². The molecule has 0 spiro atoms. The van der Waals surface area contributed by atoms with Gasteiger partial charge >= 0.3 is 17.8 Å². The Morgan fingerprint density at radius 1 is 1.23 bits per heavy atom. The van der Waals surface area contributed by atoms with Crippen molar-refractivity contribution < 1.29 is 24.0 Å². The van der Waals surface area contributed by atoms with E-state index in [1.54, 1.807) is 13.0 Å². The Morgan fingerprint density at radius 3 is 2.71 bits per heavy atom. The highest BCUT2D eigenvalue weighted by Gasteiger charge is 2.28. The first-order chi connectivity index (χ1) is 14.9. The van der Waals surface area contributed by atoms with E-state index in [9.17, 15) is 24.5 Å². The molecule has 0 saturated heterocycles. The van der Waals surface area contributed by atoms with Crippen LogP contribution in [0.4, 0.5) is 10.7 Å². The number of nitro benzene ring substituents is 1. The molecule has 2 N–H and O–H groups in total. The number of hydrogen-bond acceptors (Lipinski definition) is 8. The summed E-state index contributed by atoms with van der Waals surface area (Å²) >= 11 is 1.26. The normalized spacial score (nSPS) is 12.8. The van der Waals surface area contributed by atoms with Crippen molar-refractivity contribution in [1.82, 2.24) is 5.43 Å². The number of aryl methyl sites for hydroxylation is 1. The second-order valence-corrected chi connectivity index (χ2v) is 7.71. The van der Waals surface area contributed by atoms with Gasteiger partial charge in [0.2, 0.25) is 0 Å². The van der Waals surface area contributed by atoms with E-state index in [-0.39, 0.29) is 22.9 Å². The Bertz CT molecular complexity index is 1060. The highest BCUT2D eigenvalue weighted by atomic mass is 32.1. The lowest BCUT2D eigenvalue weighted by molar-refractivity contribution is -0.385. The molecule has 31 heavy (non-hydrogen) atoms. The van der Waals surface area contributed by atoms with Crippen LogP contribution < -0.4 is 10.7 Å². The number of fused-ring (bicyclic) bond motifs is 1. The molecule has 0 bridgehead atoms. The third-order valence-corrected chi connectivity index (χ3v) is 5.79. The van der Waals surface area contributed by atoms with Crippen LogP contribution in [0.5, 0.6) is 0 Å². The highest BCUT2D eigenvalue weighted by Crippen LogP contribution is 2.38. The summed E-state index contributed by atoms with van der Waals surface area (Å²) in [6.07, 6.45) is 4.52. The summed E-state index contributed by atoms with van der Waals surface area (Å²) in [6, 6.07) is 5.84.